The molecule has 0 unspecified atom stereocenters. The number of aromatic nitrogens is 4. The van der Waals surface area contributed by atoms with E-state index in [0.29, 0.717) is 16.8 Å². The van der Waals surface area contributed by atoms with E-state index in [0.717, 1.165) is 0 Å². The van der Waals surface area contributed by atoms with E-state index >= 15 is 0 Å². The van der Waals surface area contributed by atoms with Crippen LogP contribution in [0.15, 0.2) is 42.7 Å². The molecule has 0 N–H and O–H groups in total. The molecule has 1 saturated carbocycles. The fraction of sp³-hybridized carbons (Fsp3) is 0.318. The smallest absolute Gasteiger partial charge is 0.329 e. The van der Waals surface area contributed by atoms with E-state index < -0.39 is 23.2 Å². The topological polar surface area (TPSA) is 46.3 Å². The highest BCUT2D eigenvalue weighted by Crippen LogP contribution is 2.60. The van der Waals surface area contributed by atoms with Crippen LogP contribution in [-0.2, 0) is 6.42 Å². The van der Waals surface area contributed by atoms with E-state index in [1.165, 1.54) is 29.4 Å². The minimum atomic E-state index is -4.26. The highest BCUT2D eigenvalue weighted by atomic mass is 19.4. The van der Waals surface area contributed by atoms with Crippen molar-refractivity contribution in [1.29, 1.82) is 0 Å². The maximum Gasteiger partial charge on any atom is 0.394 e. The van der Waals surface area contributed by atoms with Gasteiger partial charge >= 0.3 is 6.18 Å². The van der Waals surface area contributed by atoms with Crippen molar-refractivity contribution in [2.45, 2.75) is 31.9 Å². The molecule has 10 heteroatoms. The largest absolute Gasteiger partial charge is 0.394 e. The molecule has 2 aromatic heterocycles. The Kier molecular flexibility index (Phi) is 4.58. The molecule has 1 fully saturated rings. The van der Waals surface area contributed by atoms with Gasteiger partial charge in [0.1, 0.15) is 23.8 Å². The lowest BCUT2D eigenvalue weighted by molar-refractivity contribution is -0.188. The van der Waals surface area contributed by atoms with Gasteiger partial charge in [-0.15, -0.1) is 10.2 Å². The van der Waals surface area contributed by atoms with Gasteiger partial charge in [-0.2, -0.15) is 18.2 Å². The quantitative estimate of drug-likeness (QED) is 0.374. The summed E-state index contributed by atoms with van der Waals surface area (Å²) in [6.07, 6.45) is -2.64. The summed E-state index contributed by atoms with van der Waals surface area (Å²) in [5, 5.41) is 7.94. The molecule has 32 heavy (non-hydrogen) atoms. The summed E-state index contributed by atoms with van der Waals surface area (Å²) in [5.74, 6) is -0.675. The third-order valence-electron chi connectivity index (χ3n) is 6.20. The molecule has 5 rings (SSSR count). The van der Waals surface area contributed by atoms with Gasteiger partial charge in [-0.05, 0) is 61.6 Å². The molecule has 0 spiro atoms. The van der Waals surface area contributed by atoms with Gasteiger partial charge in [0.15, 0.2) is 0 Å². The van der Waals surface area contributed by atoms with Gasteiger partial charge in [0.2, 0.25) is 0 Å². The molecule has 0 atom stereocenters. The van der Waals surface area contributed by atoms with Crippen molar-refractivity contribution >= 4 is 28.2 Å². The van der Waals surface area contributed by atoms with Gasteiger partial charge in [0.05, 0.1) is 16.3 Å². The number of rotatable bonds is 5. The first kappa shape index (κ1) is 20.6. The number of hydrogen-bond acceptors (Lipinski definition) is 4. The van der Waals surface area contributed by atoms with Crippen LogP contribution >= 0.6 is 0 Å². The van der Waals surface area contributed by atoms with Gasteiger partial charge < -0.3 is 4.90 Å². The zero-order valence-corrected chi connectivity index (χ0v) is 17.0. The van der Waals surface area contributed by atoms with E-state index in [-0.39, 0.29) is 42.7 Å². The maximum absolute atomic E-state index is 14.8. The molecule has 166 valence electrons. The number of alkyl halides is 3. The van der Waals surface area contributed by atoms with Crippen LogP contribution in [0, 0.1) is 17.0 Å². The number of fused-ring (bicyclic) bond motifs is 3. The monoisotopic (exact) mass is 447 g/mol. The molecule has 5 nitrogen and oxygen atoms in total. The molecule has 1 aliphatic carbocycles. The predicted molar refractivity (Wildman–Crippen MR) is 109 cm³/mol. The Bertz CT molecular complexity index is 1330. The standard InChI is InChI=1S/C22H18F5N5/c1-31(19-18-16(24)3-2-4-17(18)32-12-28-30-20(32)29-19)15-10-13(9-14(23)11-15)5-6-21(7-8-21)22(25,26)27/h2-4,9-12H,5-8H2,1H3. The summed E-state index contributed by atoms with van der Waals surface area (Å²) >= 11 is 0. The van der Waals surface area contributed by atoms with Gasteiger partial charge in [0, 0.05) is 12.7 Å². The fourth-order valence-corrected chi connectivity index (χ4v) is 4.11. The van der Waals surface area contributed by atoms with Crippen molar-refractivity contribution in [3.05, 3.63) is 59.9 Å². The van der Waals surface area contributed by atoms with Crippen LogP contribution in [0.1, 0.15) is 24.8 Å². The SMILES string of the molecule is CN(c1cc(F)cc(CCC2(C(F)(F)F)CC2)c1)c1nc2nncn2c2cccc(F)c12. The van der Waals surface area contributed by atoms with Crippen molar-refractivity contribution in [2.75, 3.05) is 11.9 Å². The first-order valence-electron chi connectivity index (χ1n) is 10.1. The van der Waals surface area contributed by atoms with Gasteiger partial charge in [-0.1, -0.05) is 6.07 Å². The molecule has 0 aliphatic heterocycles. The van der Waals surface area contributed by atoms with Crippen LogP contribution in [0.4, 0.5) is 33.5 Å². The van der Waals surface area contributed by atoms with Gasteiger partial charge in [0.25, 0.3) is 5.78 Å². The lowest BCUT2D eigenvalue weighted by atomic mass is 9.96. The Balaban J connectivity index is 1.53. The van der Waals surface area contributed by atoms with Crippen LogP contribution in [0.3, 0.4) is 0 Å². The van der Waals surface area contributed by atoms with Crippen molar-refractivity contribution in [2.24, 2.45) is 5.41 Å². The molecule has 1 aliphatic rings. The highest BCUT2D eigenvalue weighted by molar-refractivity contribution is 5.93. The van der Waals surface area contributed by atoms with Crippen LogP contribution in [0.2, 0.25) is 0 Å². The summed E-state index contributed by atoms with van der Waals surface area (Å²) in [5.41, 5.74) is -0.391. The third-order valence-corrected chi connectivity index (χ3v) is 6.20. The summed E-state index contributed by atoms with van der Waals surface area (Å²) in [4.78, 5) is 5.89. The normalized spacial score (nSPS) is 15.4. The van der Waals surface area contributed by atoms with Crippen LogP contribution in [0.25, 0.3) is 16.7 Å². The molecule has 0 bridgehead atoms. The Morgan fingerprint density at radius 3 is 2.62 bits per heavy atom. The Morgan fingerprint density at radius 2 is 1.91 bits per heavy atom. The summed E-state index contributed by atoms with van der Waals surface area (Å²) in [6, 6.07) is 8.62. The van der Waals surface area contributed by atoms with Gasteiger partial charge in [-0.25, -0.2) is 8.78 Å². The van der Waals surface area contributed by atoms with Crippen LogP contribution < -0.4 is 4.90 Å². The average molecular weight is 447 g/mol. The zero-order chi connectivity index (χ0) is 22.7. The highest BCUT2D eigenvalue weighted by Gasteiger charge is 2.62. The number of aryl methyl sites for hydroxylation is 1. The fourth-order valence-electron chi connectivity index (χ4n) is 4.11. The van der Waals surface area contributed by atoms with Crippen molar-refractivity contribution in [3.8, 4) is 0 Å². The molecule has 2 heterocycles. The number of hydrogen-bond donors (Lipinski definition) is 0. The summed E-state index contributed by atoms with van der Waals surface area (Å²) in [7, 11) is 1.59. The van der Waals surface area contributed by atoms with Crippen molar-refractivity contribution in [3.63, 3.8) is 0 Å². The van der Waals surface area contributed by atoms with Crippen LogP contribution in [0.5, 0.6) is 0 Å². The second kappa shape index (κ2) is 7.11. The molecular formula is C22H18F5N5. The number of halogens is 5. The number of benzene rings is 2. The van der Waals surface area contributed by atoms with E-state index in [2.05, 4.69) is 15.2 Å². The lowest BCUT2D eigenvalue weighted by Gasteiger charge is -2.22. The van der Waals surface area contributed by atoms with E-state index in [9.17, 15) is 22.0 Å². The lowest BCUT2D eigenvalue weighted by Crippen LogP contribution is -2.25. The van der Waals surface area contributed by atoms with Crippen LogP contribution in [-0.4, -0.2) is 32.8 Å². The third kappa shape index (κ3) is 3.34. The molecule has 4 aromatic rings. The van der Waals surface area contributed by atoms with E-state index in [4.69, 9.17) is 0 Å². The summed E-state index contributed by atoms with van der Waals surface area (Å²) in [6.45, 7) is 0. The van der Waals surface area contributed by atoms with Crippen molar-refractivity contribution < 1.29 is 22.0 Å². The Hall–Kier alpha value is -3.30. The minimum Gasteiger partial charge on any atom is -0.329 e. The second-order valence-corrected chi connectivity index (χ2v) is 8.23. The molecule has 0 radical (unpaired) electrons. The summed E-state index contributed by atoms with van der Waals surface area (Å²) < 4.78 is 70.5. The number of anilines is 2. The Labute approximate surface area is 179 Å². The Morgan fingerprint density at radius 1 is 1.12 bits per heavy atom. The molecular weight excluding hydrogens is 429 g/mol. The van der Waals surface area contributed by atoms with E-state index in [1.807, 2.05) is 0 Å². The molecule has 0 saturated heterocycles. The maximum atomic E-state index is 14.8. The van der Waals surface area contributed by atoms with E-state index in [1.54, 1.807) is 29.6 Å². The van der Waals surface area contributed by atoms with Gasteiger partial charge in [-0.3, -0.25) is 4.40 Å². The first-order valence-corrected chi connectivity index (χ1v) is 10.1. The molecule has 0 amide bonds. The first-order chi connectivity index (χ1) is 15.2. The zero-order valence-electron chi connectivity index (χ0n) is 17.0. The number of nitrogens with zero attached hydrogens (tertiary/aromatic N) is 5. The second-order valence-electron chi connectivity index (χ2n) is 8.23. The molecule has 2 aromatic carbocycles. The minimum absolute atomic E-state index is 0.0872. The predicted octanol–water partition coefficient (Wildman–Crippen LogP) is 5.60. The average Bonchev–Trinajstić information content (AvgIpc) is 3.40. The van der Waals surface area contributed by atoms with Crippen molar-refractivity contribution in [1.82, 2.24) is 19.6 Å².